The van der Waals surface area contributed by atoms with Crippen molar-refractivity contribution in [1.82, 2.24) is 0 Å². The Morgan fingerprint density at radius 2 is 1.81 bits per heavy atom. The van der Waals surface area contributed by atoms with Crippen LogP contribution in [0.4, 0.5) is 0 Å². The first-order chi connectivity index (χ1) is 14.9. The molecule has 7 atom stereocenters. The van der Waals surface area contributed by atoms with Gasteiger partial charge in [-0.15, -0.1) is 0 Å². The standard InChI is InChI=1S/C24H32O8/c1-12-7-9-18(29-15(4)25)13(2)8-10-19(30-16(5)26)24(6)22(32-24)21-20(17(27)11-12)14(3)23(28)31-21/h7-8,17-22,27H,3,9-11H2,1-2,4-6H3/b12-7-,13-8-/t17-,18+,19+,20-,21+,22+,24+/m1/s1. The number of aliphatic hydroxyl groups is 1. The number of aliphatic hydroxyl groups excluding tert-OH is 1. The van der Waals surface area contributed by atoms with Gasteiger partial charge in [0.1, 0.15) is 30.0 Å². The summed E-state index contributed by atoms with van der Waals surface area (Å²) in [5, 5.41) is 11.0. The number of rotatable bonds is 2. The molecule has 8 heteroatoms. The summed E-state index contributed by atoms with van der Waals surface area (Å²) < 4.78 is 22.6. The third-order valence-corrected chi connectivity index (χ3v) is 6.49. The number of ether oxygens (including phenoxy) is 4. The molecule has 0 spiro atoms. The minimum Gasteiger partial charge on any atom is -0.459 e. The van der Waals surface area contributed by atoms with E-state index in [-0.39, 0.29) is 5.57 Å². The summed E-state index contributed by atoms with van der Waals surface area (Å²) in [4.78, 5) is 35.7. The monoisotopic (exact) mass is 448 g/mol. The molecule has 0 radical (unpaired) electrons. The van der Waals surface area contributed by atoms with Crippen LogP contribution < -0.4 is 0 Å². The van der Waals surface area contributed by atoms with Crippen molar-refractivity contribution in [2.75, 3.05) is 0 Å². The normalized spacial score (nSPS) is 40.9. The fourth-order valence-electron chi connectivity index (χ4n) is 4.60. The Hall–Kier alpha value is -2.45. The molecule has 8 nitrogen and oxygen atoms in total. The Balaban J connectivity index is 1.99. The van der Waals surface area contributed by atoms with Crippen molar-refractivity contribution in [3.63, 3.8) is 0 Å². The van der Waals surface area contributed by atoms with Gasteiger partial charge in [0.05, 0.1) is 12.0 Å². The predicted octanol–water partition coefficient (Wildman–Crippen LogP) is 2.54. The van der Waals surface area contributed by atoms with Gasteiger partial charge in [-0.25, -0.2) is 4.79 Å². The van der Waals surface area contributed by atoms with E-state index >= 15 is 0 Å². The number of hydrogen-bond acceptors (Lipinski definition) is 8. The average Bonchev–Trinajstić information content (AvgIpc) is 3.29. The molecular formula is C24H32O8. The van der Waals surface area contributed by atoms with Crippen molar-refractivity contribution in [3.05, 3.63) is 35.5 Å². The molecule has 0 saturated carbocycles. The van der Waals surface area contributed by atoms with Crippen LogP contribution in [0, 0.1) is 5.92 Å². The predicted molar refractivity (Wildman–Crippen MR) is 114 cm³/mol. The van der Waals surface area contributed by atoms with E-state index in [2.05, 4.69) is 6.58 Å². The molecule has 0 aromatic rings. The van der Waals surface area contributed by atoms with Crippen molar-refractivity contribution in [2.24, 2.45) is 5.92 Å². The van der Waals surface area contributed by atoms with Gasteiger partial charge < -0.3 is 24.1 Å². The van der Waals surface area contributed by atoms with Crippen LogP contribution in [0.25, 0.3) is 0 Å². The maximum Gasteiger partial charge on any atom is 0.334 e. The molecule has 2 heterocycles. The smallest absolute Gasteiger partial charge is 0.334 e. The first-order valence-electron chi connectivity index (χ1n) is 10.9. The van der Waals surface area contributed by atoms with Gasteiger partial charge in [-0.3, -0.25) is 9.59 Å². The van der Waals surface area contributed by atoms with E-state index in [1.54, 1.807) is 6.92 Å². The van der Waals surface area contributed by atoms with Crippen molar-refractivity contribution >= 4 is 17.9 Å². The first kappa shape index (κ1) is 24.2. The van der Waals surface area contributed by atoms with Gasteiger partial charge in [-0.1, -0.05) is 24.3 Å². The molecule has 1 aliphatic carbocycles. The highest BCUT2D eigenvalue weighted by Gasteiger charge is 2.67. The van der Waals surface area contributed by atoms with E-state index in [1.165, 1.54) is 13.8 Å². The molecule has 0 aromatic carbocycles. The van der Waals surface area contributed by atoms with Gasteiger partial charge in [0, 0.05) is 32.3 Å². The molecule has 176 valence electrons. The van der Waals surface area contributed by atoms with E-state index in [0.717, 1.165) is 11.1 Å². The highest BCUT2D eigenvalue weighted by molar-refractivity contribution is 5.91. The van der Waals surface area contributed by atoms with Crippen molar-refractivity contribution in [1.29, 1.82) is 0 Å². The highest BCUT2D eigenvalue weighted by atomic mass is 16.7. The number of esters is 3. The Morgan fingerprint density at radius 1 is 1.16 bits per heavy atom. The lowest BCUT2D eigenvalue weighted by Gasteiger charge is -2.26. The largest absolute Gasteiger partial charge is 0.459 e. The summed E-state index contributed by atoms with van der Waals surface area (Å²) in [6, 6.07) is 0. The molecule has 2 saturated heterocycles. The van der Waals surface area contributed by atoms with Gasteiger partial charge in [-0.2, -0.15) is 0 Å². The highest BCUT2D eigenvalue weighted by Crippen LogP contribution is 2.50. The van der Waals surface area contributed by atoms with Crippen LogP contribution in [0.2, 0.25) is 0 Å². The maximum absolute atomic E-state index is 12.3. The number of hydrogen-bond donors (Lipinski definition) is 1. The van der Waals surface area contributed by atoms with Gasteiger partial charge in [0.15, 0.2) is 0 Å². The van der Waals surface area contributed by atoms with Crippen molar-refractivity contribution < 1.29 is 38.4 Å². The zero-order chi connectivity index (χ0) is 23.8. The summed E-state index contributed by atoms with van der Waals surface area (Å²) in [6.45, 7) is 12.0. The minimum absolute atomic E-state index is 0.206. The Kier molecular flexibility index (Phi) is 6.95. The second kappa shape index (κ2) is 9.19. The van der Waals surface area contributed by atoms with E-state index in [1.807, 2.05) is 26.0 Å². The molecule has 2 aliphatic heterocycles. The molecule has 0 unspecified atom stereocenters. The third kappa shape index (κ3) is 4.96. The third-order valence-electron chi connectivity index (χ3n) is 6.49. The molecule has 3 aliphatic rings. The second-order valence-electron chi connectivity index (χ2n) is 9.08. The lowest BCUT2D eigenvalue weighted by molar-refractivity contribution is -0.149. The van der Waals surface area contributed by atoms with E-state index < -0.39 is 59.9 Å². The van der Waals surface area contributed by atoms with E-state index in [9.17, 15) is 19.5 Å². The number of fused-ring (bicyclic) bond motifs is 3. The zero-order valence-electron chi connectivity index (χ0n) is 19.3. The number of epoxide rings is 1. The van der Waals surface area contributed by atoms with Crippen LogP contribution in [0.15, 0.2) is 35.5 Å². The Bertz CT molecular complexity index is 871. The number of carbonyl (C=O) groups is 3. The van der Waals surface area contributed by atoms with Crippen LogP contribution in [0.1, 0.15) is 53.9 Å². The molecule has 2 fully saturated rings. The Morgan fingerprint density at radius 3 is 2.44 bits per heavy atom. The van der Waals surface area contributed by atoms with Gasteiger partial charge in [-0.05, 0) is 32.8 Å². The zero-order valence-corrected chi connectivity index (χ0v) is 19.3. The topological polar surface area (TPSA) is 112 Å². The van der Waals surface area contributed by atoms with E-state index in [0.29, 0.717) is 19.3 Å². The quantitative estimate of drug-likeness (QED) is 0.226. The lowest BCUT2D eigenvalue weighted by Crippen LogP contribution is -2.40. The van der Waals surface area contributed by atoms with Gasteiger partial charge in [0.2, 0.25) is 0 Å². The molecule has 0 aromatic heterocycles. The summed E-state index contributed by atoms with van der Waals surface area (Å²) in [7, 11) is 0. The maximum atomic E-state index is 12.3. The molecule has 0 bridgehead atoms. The summed E-state index contributed by atoms with van der Waals surface area (Å²) >= 11 is 0. The van der Waals surface area contributed by atoms with Crippen LogP contribution in [-0.2, 0) is 33.3 Å². The number of carbonyl (C=O) groups excluding carboxylic acids is 3. The Labute approximate surface area is 188 Å². The molecule has 0 amide bonds. The van der Waals surface area contributed by atoms with Crippen molar-refractivity contribution in [2.45, 2.75) is 90.0 Å². The molecular weight excluding hydrogens is 416 g/mol. The lowest BCUT2D eigenvalue weighted by atomic mass is 9.82. The fraction of sp³-hybridized carbons (Fsp3) is 0.625. The fourth-order valence-corrected chi connectivity index (χ4v) is 4.60. The van der Waals surface area contributed by atoms with Crippen LogP contribution in [0.5, 0.6) is 0 Å². The van der Waals surface area contributed by atoms with Gasteiger partial charge >= 0.3 is 17.9 Å². The minimum atomic E-state index is -0.914. The second-order valence-corrected chi connectivity index (χ2v) is 9.08. The first-order valence-corrected chi connectivity index (χ1v) is 10.9. The molecule has 3 rings (SSSR count). The van der Waals surface area contributed by atoms with Crippen molar-refractivity contribution in [3.8, 4) is 0 Å². The average molecular weight is 449 g/mol. The van der Waals surface area contributed by atoms with Crippen LogP contribution in [-0.4, -0.2) is 59.1 Å². The molecule has 32 heavy (non-hydrogen) atoms. The molecule has 1 N–H and O–H groups in total. The van der Waals surface area contributed by atoms with Gasteiger partial charge in [0.25, 0.3) is 0 Å². The summed E-state index contributed by atoms with van der Waals surface area (Å²) in [6.07, 6.45) is 1.52. The van der Waals surface area contributed by atoms with E-state index in [4.69, 9.17) is 18.9 Å². The summed E-state index contributed by atoms with van der Waals surface area (Å²) in [5.41, 5.74) is 1.01. The summed E-state index contributed by atoms with van der Waals surface area (Å²) in [5.74, 6) is -2.06. The van der Waals surface area contributed by atoms with Crippen LogP contribution in [0.3, 0.4) is 0 Å². The van der Waals surface area contributed by atoms with Crippen LogP contribution >= 0.6 is 0 Å². The SMILES string of the molecule is C=C1C(=O)O[C@H]2[C@H]1[C@H](O)C/C(C)=C\C[C@H](OC(C)=O)/C(C)=C\C[C@H](OC(C)=O)[C@]1(C)O[C@@H]21.